The van der Waals surface area contributed by atoms with E-state index >= 15 is 0 Å². The number of anilines is 1. The van der Waals surface area contributed by atoms with Crippen LogP contribution in [-0.4, -0.2) is 12.1 Å². The largest absolute Gasteiger partial charge is 0.382 e. The van der Waals surface area contributed by atoms with Crippen molar-refractivity contribution in [2.24, 2.45) is 5.73 Å². The number of halogens is 1. The van der Waals surface area contributed by atoms with Gasteiger partial charge in [0.05, 0.1) is 0 Å². The maximum atomic E-state index is 6.02. The van der Waals surface area contributed by atoms with E-state index < -0.39 is 0 Å². The van der Waals surface area contributed by atoms with Gasteiger partial charge in [0, 0.05) is 22.8 Å². The Hall–Kier alpha value is -0.730. The van der Waals surface area contributed by atoms with Gasteiger partial charge in [0.2, 0.25) is 0 Å². The summed E-state index contributed by atoms with van der Waals surface area (Å²) >= 11 is 6.02. The minimum absolute atomic E-state index is 0.383. The summed E-state index contributed by atoms with van der Waals surface area (Å²) < 4.78 is 0. The molecule has 76 valence electrons. The molecule has 2 rings (SSSR count). The molecule has 1 saturated carbocycles. The van der Waals surface area contributed by atoms with Crippen LogP contribution in [0.25, 0.3) is 0 Å². The molecule has 0 amide bonds. The van der Waals surface area contributed by atoms with Crippen LogP contribution in [0, 0.1) is 6.92 Å². The third kappa shape index (κ3) is 2.02. The van der Waals surface area contributed by atoms with E-state index in [2.05, 4.69) is 11.4 Å². The zero-order valence-corrected chi connectivity index (χ0v) is 9.01. The van der Waals surface area contributed by atoms with E-state index in [9.17, 15) is 0 Å². The Morgan fingerprint density at radius 1 is 1.43 bits per heavy atom. The van der Waals surface area contributed by atoms with Crippen molar-refractivity contribution in [3.8, 4) is 0 Å². The quantitative estimate of drug-likeness (QED) is 0.788. The molecular weight excluding hydrogens is 196 g/mol. The van der Waals surface area contributed by atoms with Crippen LogP contribution < -0.4 is 11.1 Å². The molecule has 1 aromatic rings. The molecule has 1 aromatic carbocycles. The van der Waals surface area contributed by atoms with Crippen molar-refractivity contribution in [3.63, 3.8) is 0 Å². The Balaban J connectivity index is 2.00. The second-order valence-corrected chi connectivity index (χ2v) is 4.44. The average Bonchev–Trinajstić information content (AvgIpc) is 2.09. The van der Waals surface area contributed by atoms with Crippen LogP contribution >= 0.6 is 11.6 Å². The van der Waals surface area contributed by atoms with Gasteiger partial charge in [0.1, 0.15) is 0 Å². The number of hydrogen-bond donors (Lipinski definition) is 2. The molecule has 3 heteroatoms. The van der Waals surface area contributed by atoms with Crippen molar-refractivity contribution in [1.29, 1.82) is 0 Å². The van der Waals surface area contributed by atoms with Crippen molar-refractivity contribution in [3.05, 3.63) is 28.8 Å². The monoisotopic (exact) mass is 210 g/mol. The molecule has 1 aliphatic carbocycles. The zero-order chi connectivity index (χ0) is 10.1. The van der Waals surface area contributed by atoms with Gasteiger partial charge in [-0.2, -0.15) is 0 Å². The fourth-order valence-electron chi connectivity index (χ4n) is 1.70. The Bertz CT molecular complexity index is 332. The Morgan fingerprint density at radius 3 is 2.71 bits per heavy atom. The summed E-state index contributed by atoms with van der Waals surface area (Å²) in [7, 11) is 0. The third-order valence-corrected chi connectivity index (χ3v) is 3.12. The highest BCUT2D eigenvalue weighted by atomic mass is 35.5. The first-order valence-electron chi connectivity index (χ1n) is 4.93. The van der Waals surface area contributed by atoms with Crippen molar-refractivity contribution in [1.82, 2.24) is 0 Å². The molecular formula is C11H15ClN2. The molecule has 0 saturated heterocycles. The highest BCUT2D eigenvalue weighted by molar-refractivity contribution is 6.31. The van der Waals surface area contributed by atoms with Crippen molar-refractivity contribution < 1.29 is 0 Å². The van der Waals surface area contributed by atoms with Crippen LogP contribution in [0.2, 0.25) is 5.02 Å². The van der Waals surface area contributed by atoms with Crippen molar-refractivity contribution >= 4 is 17.3 Å². The smallest absolute Gasteiger partial charge is 0.0455 e. The molecule has 14 heavy (non-hydrogen) atoms. The van der Waals surface area contributed by atoms with Crippen LogP contribution in [0.1, 0.15) is 18.4 Å². The van der Waals surface area contributed by atoms with Gasteiger partial charge < -0.3 is 11.1 Å². The normalized spacial score (nSPS) is 25.6. The number of nitrogens with two attached hydrogens (primary N) is 1. The molecule has 0 radical (unpaired) electrons. The fraction of sp³-hybridized carbons (Fsp3) is 0.455. The van der Waals surface area contributed by atoms with E-state index in [1.165, 1.54) is 0 Å². The van der Waals surface area contributed by atoms with Gasteiger partial charge >= 0.3 is 0 Å². The van der Waals surface area contributed by atoms with Crippen LogP contribution in [0.4, 0.5) is 5.69 Å². The maximum Gasteiger partial charge on any atom is 0.0455 e. The van der Waals surface area contributed by atoms with Crippen molar-refractivity contribution in [2.75, 3.05) is 5.32 Å². The molecule has 3 N–H and O–H groups in total. The highest BCUT2D eigenvalue weighted by Gasteiger charge is 2.25. The molecule has 2 nitrogen and oxygen atoms in total. The van der Waals surface area contributed by atoms with Crippen molar-refractivity contribution in [2.45, 2.75) is 31.8 Å². The summed E-state index contributed by atoms with van der Waals surface area (Å²) in [4.78, 5) is 0. The standard InChI is InChI=1S/C11H15ClN2/c1-7-2-3-9(6-11(7)12)14-10-4-8(13)5-10/h2-3,6,8,10,14H,4-5,13H2,1H3. The summed E-state index contributed by atoms with van der Waals surface area (Å²) in [5.41, 5.74) is 7.92. The first-order chi connectivity index (χ1) is 6.65. The second-order valence-electron chi connectivity index (χ2n) is 4.04. The lowest BCUT2D eigenvalue weighted by molar-refractivity contribution is 0.373. The first kappa shape index (κ1) is 9.81. The van der Waals surface area contributed by atoms with Gasteiger partial charge in [0.15, 0.2) is 0 Å². The maximum absolute atomic E-state index is 6.02. The molecule has 0 unspecified atom stereocenters. The topological polar surface area (TPSA) is 38.0 Å². The molecule has 1 fully saturated rings. The number of aryl methyl sites for hydroxylation is 1. The predicted molar refractivity (Wildman–Crippen MR) is 60.8 cm³/mol. The number of benzene rings is 1. The number of nitrogens with one attached hydrogen (secondary N) is 1. The lowest BCUT2D eigenvalue weighted by atomic mass is 9.87. The lowest BCUT2D eigenvalue weighted by Crippen LogP contribution is -2.44. The van der Waals surface area contributed by atoms with E-state index in [-0.39, 0.29) is 0 Å². The number of rotatable bonds is 2. The summed E-state index contributed by atoms with van der Waals surface area (Å²) in [5, 5.41) is 4.23. The SMILES string of the molecule is Cc1ccc(NC2CC(N)C2)cc1Cl. The van der Waals surface area contributed by atoms with E-state index in [4.69, 9.17) is 17.3 Å². The minimum Gasteiger partial charge on any atom is -0.382 e. The predicted octanol–water partition coefficient (Wildman–Crippen LogP) is 2.55. The van der Waals surface area contributed by atoms with Gasteiger partial charge in [-0.05, 0) is 37.5 Å². The van der Waals surface area contributed by atoms with E-state index in [0.29, 0.717) is 12.1 Å². The van der Waals surface area contributed by atoms with Gasteiger partial charge in [0.25, 0.3) is 0 Å². The van der Waals surface area contributed by atoms with Crippen LogP contribution in [-0.2, 0) is 0 Å². The fourth-order valence-corrected chi connectivity index (χ4v) is 1.88. The van der Waals surface area contributed by atoms with Gasteiger partial charge in [-0.15, -0.1) is 0 Å². The zero-order valence-electron chi connectivity index (χ0n) is 8.26. The van der Waals surface area contributed by atoms with Crippen LogP contribution in [0.3, 0.4) is 0 Å². The Labute approximate surface area is 89.4 Å². The highest BCUT2D eigenvalue weighted by Crippen LogP contribution is 2.25. The molecule has 0 atom stereocenters. The minimum atomic E-state index is 0.383. The van der Waals surface area contributed by atoms with E-state index in [1.807, 2.05) is 19.1 Å². The van der Waals surface area contributed by atoms with Gasteiger partial charge in [-0.1, -0.05) is 17.7 Å². The molecule has 0 heterocycles. The molecule has 0 aliphatic heterocycles. The lowest BCUT2D eigenvalue weighted by Gasteiger charge is -2.33. The number of hydrogen-bond acceptors (Lipinski definition) is 2. The van der Waals surface area contributed by atoms with Crippen LogP contribution in [0.15, 0.2) is 18.2 Å². The summed E-state index contributed by atoms with van der Waals surface area (Å²) in [6.45, 7) is 2.01. The molecule has 0 aromatic heterocycles. The Kier molecular flexibility index (Phi) is 2.66. The average molecular weight is 211 g/mol. The summed E-state index contributed by atoms with van der Waals surface area (Å²) in [5.74, 6) is 0. The molecule has 0 bridgehead atoms. The van der Waals surface area contributed by atoms with Gasteiger partial charge in [-0.3, -0.25) is 0 Å². The van der Waals surface area contributed by atoms with E-state index in [1.54, 1.807) is 0 Å². The summed E-state index contributed by atoms with van der Waals surface area (Å²) in [6, 6.07) is 6.98. The molecule has 1 aliphatic rings. The second kappa shape index (κ2) is 3.79. The molecule has 0 spiro atoms. The first-order valence-corrected chi connectivity index (χ1v) is 5.31. The van der Waals surface area contributed by atoms with E-state index in [0.717, 1.165) is 29.1 Å². The third-order valence-electron chi connectivity index (χ3n) is 2.72. The summed E-state index contributed by atoms with van der Waals surface area (Å²) in [6.07, 6.45) is 2.12. The van der Waals surface area contributed by atoms with Gasteiger partial charge in [-0.25, -0.2) is 0 Å². The Morgan fingerprint density at radius 2 is 2.14 bits per heavy atom. The van der Waals surface area contributed by atoms with Crippen LogP contribution in [0.5, 0.6) is 0 Å².